The van der Waals surface area contributed by atoms with Crippen LogP contribution in [-0.2, 0) is 14.4 Å². The highest BCUT2D eigenvalue weighted by Crippen LogP contribution is 2.34. The highest BCUT2D eigenvalue weighted by atomic mass is 35.5. The van der Waals surface area contributed by atoms with Crippen LogP contribution in [-0.4, -0.2) is 41.1 Å². The van der Waals surface area contributed by atoms with Crippen LogP contribution >= 0.6 is 11.6 Å². The van der Waals surface area contributed by atoms with Crippen molar-refractivity contribution in [2.75, 3.05) is 18.4 Å². The third-order valence-electron chi connectivity index (χ3n) is 4.38. The molecule has 0 bridgehead atoms. The van der Waals surface area contributed by atoms with Crippen molar-refractivity contribution in [2.24, 2.45) is 5.16 Å². The van der Waals surface area contributed by atoms with E-state index in [0.29, 0.717) is 35.8 Å². The number of nitrogens with one attached hydrogen (secondary N) is 1. The van der Waals surface area contributed by atoms with Crippen molar-refractivity contribution in [3.8, 4) is 0 Å². The first-order valence-electron chi connectivity index (χ1n) is 8.11. The van der Waals surface area contributed by atoms with Gasteiger partial charge in [0.05, 0.1) is 6.54 Å². The number of amides is 2. The average molecular weight is 350 g/mol. The number of benzene rings is 1. The maximum absolute atomic E-state index is 12.4. The first-order valence-corrected chi connectivity index (χ1v) is 8.49. The van der Waals surface area contributed by atoms with Crippen LogP contribution in [0.15, 0.2) is 29.4 Å². The third kappa shape index (κ3) is 3.53. The van der Waals surface area contributed by atoms with E-state index in [9.17, 15) is 9.59 Å². The van der Waals surface area contributed by atoms with Crippen LogP contribution < -0.4 is 5.32 Å². The van der Waals surface area contributed by atoms with Gasteiger partial charge in [0.1, 0.15) is 5.71 Å². The molecule has 1 unspecified atom stereocenters. The van der Waals surface area contributed by atoms with E-state index in [2.05, 4.69) is 10.5 Å². The molecule has 7 heteroatoms. The van der Waals surface area contributed by atoms with E-state index in [1.54, 1.807) is 29.2 Å². The van der Waals surface area contributed by atoms with Crippen molar-refractivity contribution < 1.29 is 14.4 Å². The fourth-order valence-corrected chi connectivity index (χ4v) is 3.36. The molecule has 0 saturated carbocycles. The van der Waals surface area contributed by atoms with Crippen LogP contribution in [0.5, 0.6) is 0 Å². The summed E-state index contributed by atoms with van der Waals surface area (Å²) in [5.41, 5.74) is 0.396. The minimum atomic E-state index is -0.565. The lowest BCUT2D eigenvalue weighted by Gasteiger charge is -2.38. The van der Waals surface area contributed by atoms with Crippen molar-refractivity contribution in [3.05, 3.63) is 29.3 Å². The van der Waals surface area contributed by atoms with Crippen LogP contribution in [0.25, 0.3) is 0 Å². The summed E-state index contributed by atoms with van der Waals surface area (Å²) in [7, 11) is 0. The van der Waals surface area contributed by atoms with Gasteiger partial charge in [-0.25, -0.2) is 0 Å². The monoisotopic (exact) mass is 349 g/mol. The van der Waals surface area contributed by atoms with Gasteiger partial charge in [-0.3, -0.25) is 9.59 Å². The fraction of sp³-hybridized carbons (Fsp3) is 0.471. The summed E-state index contributed by atoms with van der Waals surface area (Å²) in [6.45, 7) is 3.07. The molecule has 0 aliphatic carbocycles. The number of hydrogen-bond donors (Lipinski definition) is 1. The number of anilines is 1. The molecule has 1 atom stereocenters. The lowest BCUT2D eigenvalue weighted by molar-refractivity contribution is -0.140. The van der Waals surface area contributed by atoms with Crippen LogP contribution in [0.3, 0.4) is 0 Å². The van der Waals surface area contributed by atoms with Crippen LogP contribution in [0, 0.1) is 0 Å². The van der Waals surface area contributed by atoms with Gasteiger partial charge in [-0.2, -0.15) is 0 Å². The Morgan fingerprint density at radius 3 is 3.04 bits per heavy atom. The molecule has 2 aliphatic rings. The fourth-order valence-electron chi connectivity index (χ4n) is 3.17. The van der Waals surface area contributed by atoms with E-state index < -0.39 is 5.60 Å². The summed E-state index contributed by atoms with van der Waals surface area (Å²) in [6.07, 6.45) is 2.52. The van der Waals surface area contributed by atoms with Gasteiger partial charge in [0.15, 0.2) is 5.60 Å². The van der Waals surface area contributed by atoms with Crippen molar-refractivity contribution in [1.82, 2.24) is 4.90 Å². The van der Waals surface area contributed by atoms with Crippen LogP contribution in [0.2, 0.25) is 5.02 Å². The Morgan fingerprint density at radius 2 is 2.29 bits per heavy atom. The molecule has 1 saturated heterocycles. The summed E-state index contributed by atoms with van der Waals surface area (Å²) < 4.78 is 0. The Kier molecular flexibility index (Phi) is 4.76. The largest absolute Gasteiger partial charge is 0.386 e. The molecule has 1 N–H and O–H groups in total. The van der Waals surface area contributed by atoms with Gasteiger partial charge < -0.3 is 15.1 Å². The molecule has 6 nitrogen and oxygen atoms in total. The van der Waals surface area contributed by atoms with Crippen molar-refractivity contribution in [1.29, 1.82) is 0 Å². The summed E-state index contributed by atoms with van der Waals surface area (Å²) in [5.74, 6) is -0.192. The molecule has 1 fully saturated rings. The van der Waals surface area contributed by atoms with Crippen LogP contribution in [0.4, 0.5) is 5.69 Å². The predicted molar refractivity (Wildman–Crippen MR) is 92.1 cm³/mol. The Hall–Kier alpha value is -2.08. The molecule has 2 aliphatic heterocycles. The molecule has 128 valence electrons. The first-order chi connectivity index (χ1) is 11.5. The minimum Gasteiger partial charge on any atom is -0.386 e. The number of carbonyl (C=O) groups is 2. The lowest BCUT2D eigenvalue weighted by Crippen LogP contribution is -2.50. The second kappa shape index (κ2) is 6.81. The number of halogens is 1. The van der Waals surface area contributed by atoms with Gasteiger partial charge >= 0.3 is 0 Å². The zero-order valence-corrected chi connectivity index (χ0v) is 14.3. The molecule has 0 aromatic heterocycles. The molecule has 0 radical (unpaired) electrons. The number of rotatable bonds is 3. The predicted octanol–water partition coefficient (Wildman–Crippen LogP) is 2.83. The van der Waals surface area contributed by atoms with Crippen molar-refractivity contribution in [2.45, 2.75) is 38.2 Å². The highest BCUT2D eigenvalue weighted by Gasteiger charge is 2.45. The second-order valence-electron chi connectivity index (χ2n) is 6.23. The highest BCUT2D eigenvalue weighted by molar-refractivity contribution is 6.43. The lowest BCUT2D eigenvalue weighted by atomic mass is 9.88. The second-order valence-corrected chi connectivity index (χ2v) is 6.66. The van der Waals surface area contributed by atoms with E-state index in [0.717, 1.165) is 19.4 Å². The molecule has 1 aromatic rings. The summed E-state index contributed by atoms with van der Waals surface area (Å²) >= 11 is 5.92. The Morgan fingerprint density at radius 1 is 1.46 bits per heavy atom. The number of nitrogens with zero attached hydrogens (tertiary/aromatic N) is 2. The number of carbonyl (C=O) groups excluding carboxylic acids is 2. The molecule has 24 heavy (non-hydrogen) atoms. The Labute approximate surface area is 145 Å². The first kappa shape index (κ1) is 16.8. The maximum Gasteiger partial charge on any atom is 0.273 e. The Balaban J connectivity index is 1.63. The SMILES string of the molecule is CCC(=O)N1CCCC2(CC(C(=O)Nc3cccc(Cl)c3)=NO2)C1. The number of likely N-dealkylation sites (tertiary alicyclic amines) is 1. The van der Waals surface area contributed by atoms with E-state index in [1.165, 1.54) is 0 Å². The van der Waals surface area contributed by atoms with Crippen molar-refractivity contribution in [3.63, 3.8) is 0 Å². The maximum atomic E-state index is 12.4. The molecule has 1 spiro atoms. The van der Waals surface area contributed by atoms with Gasteiger partial charge in [-0.05, 0) is 31.0 Å². The van der Waals surface area contributed by atoms with Gasteiger partial charge in [0, 0.05) is 30.1 Å². The normalized spacial score (nSPS) is 22.9. The van der Waals surface area contributed by atoms with Crippen molar-refractivity contribution >= 4 is 34.8 Å². The van der Waals surface area contributed by atoms with Gasteiger partial charge in [-0.1, -0.05) is 29.7 Å². The van der Waals surface area contributed by atoms with E-state index in [4.69, 9.17) is 16.4 Å². The van der Waals surface area contributed by atoms with E-state index >= 15 is 0 Å². The van der Waals surface area contributed by atoms with Gasteiger partial charge in [0.25, 0.3) is 5.91 Å². The summed E-state index contributed by atoms with van der Waals surface area (Å²) in [5, 5.41) is 7.31. The summed E-state index contributed by atoms with van der Waals surface area (Å²) in [4.78, 5) is 31.7. The average Bonchev–Trinajstić information content (AvgIpc) is 2.97. The molecular weight excluding hydrogens is 330 g/mol. The number of oxime groups is 1. The number of hydrogen-bond acceptors (Lipinski definition) is 4. The molecule has 3 rings (SSSR count). The smallest absolute Gasteiger partial charge is 0.273 e. The molecule has 2 heterocycles. The van der Waals surface area contributed by atoms with Crippen LogP contribution in [0.1, 0.15) is 32.6 Å². The topological polar surface area (TPSA) is 71.0 Å². The molecule has 1 aromatic carbocycles. The molecule has 2 amide bonds. The standard InChI is InChI=1S/C17H20ClN3O3/c1-2-15(22)21-8-4-7-17(11-21)10-14(20-24-17)16(23)19-13-6-3-5-12(18)9-13/h3,5-6,9H,2,4,7-8,10-11H2,1H3,(H,19,23). The minimum absolute atomic E-state index is 0.106. The zero-order valence-electron chi connectivity index (χ0n) is 13.5. The summed E-state index contributed by atoms with van der Waals surface area (Å²) in [6, 6.07) is 6.94. The Bertz CT molecular complexity index is 691. The van der Waals surface area contributed by atoms with Gasteiger partial charge in [-0.15, -0.1) is 0 Å². The van der Waals surface area contributed by atoms with Gasteiger partial charge in [0.2, 0.25) is 5.91 Å². The quantitative estimate of drug-likeness (QED) is 0.912. The van der Waals surface area contributed by atoms with E-state index in [1.807, 2.05) is 6.92 Å². The number of piperidine rings is 1. The molecular formula is C17H20ClN3O3. The van der Waals surface area contributed by atoms with E-state index in [-0.39, 0.29) is 11.8 Å². The zero-order chi connectivity index (χ0) is 17.2. The third-order valence-corrected chi connectivity index (χ3v) is 4.61.